The Morgan fingerprint density at radius 1 is 1.09 bits per heavy atom. The van der Waals surface area contributed by atoms with Crippen molar-refractivity contribution < 1.29 is 0 Å². The van der Waals surface area contributed by atoms with Gasteiger partial charge in [-0.15, -0.1) is 0 Å². The molecule has 0 aliphatic rings. The maximum atomic E-state index is 2.29. The smallest absolute Gasteiger partial charge is 0.0100 e. The predicted molar refractivity (Wildman–Crippen MR) is 58.5 cm³/mol. The van der Waals surface area contributed by atoms with Crippen molar-refractivity contribution in [3.8, 4) is 0 Å². The van der Waals surface area contributed by atoms with Crippen LogP contribution in [0, 0.1) is 0 Å². The number of rotatable bonds is 3. The molecule has 70 valence electrons. The highest BCUT2D eigenvalue weighted by Gasteiger charge is 2.12. The van der Waals surface area contributed by atoms with E-state index in [9.17, 15) is 0 Å². The fraction of sp³-hybridized carbons (Fsp3) is 1.00. The van der Waals surface area contributed by atoms with E-state index in [0.29, 0.717) is 4.75 Å². The number of hydrogen-bond acceptors (Lipinski definition) is 1. The van der Waals surface area contributed by atoms with Crippen LogP contribution in [0.1, 0.15) is 53.9 Å². The molecule has 0 saturated carbocycles. The molecular formula is C10H24S. The van der Waals surface area contributed by atoms with E-state index in [1.807, 2.05) is 11.8 Å². The maximum Gasteiger partial charge on any atom is 0.0100 e. The van der Waals surface area contributed by atoms with Gasteiger partial charge in [0.05, 0.1) is 0 Å². The van der Waals surface area contributed by atoms with Crippen LogP contribution in [0.25, 0.3) is 0 Å². The molecule has 0 rings (SSSR count). The van der Waals surface area contributed by atoms with Gasteiger partial charge in [-0.2, -0.15) is 11.8 Å². The van der Waals surface area contributed by atoms with Crippen molar-refractivity contribution in [2.24, 2.45) is 0 Å². The van der Waals surface area contributed by atoms with Crippen molar-refractivity contribution >= 4 is 11.8 Å². The fourth-order valence-corrected chi connectivity index (χ4v) is 1.11. The quantitative estimate of drug-likeness (QED) is 0.616. The molecule has 0 unspecified atom stereocenters. The highest BCUT2D eigenvalue weighted by Crippen LogP contribution is 2.25. The Kier molecular flexibility index (Phi) is 10.7. The summed E-state index contributed by atoms with van der Waals surface area (Å²) in [5.74, 6) is 0. The van der Waals surface area contributed by atoms with E-state index >= 15 is 0 Å². The third-order valence-corrected chi connectivity index (χ3v) is 2.71. The molecule has 11 heavy (non-hydrogen) atoms. The predicted octanol–water partition coefficient (Wildman–Crippen LogP) is 4.34. The zero-order valence-electron chi connectivity index (χ0n) is 9.03. The van der Waals surface area contributed by atoms with Crippen molar-refractivity contribution in [3.63, 3.8) is 0 Å². The van der Waals surface area contributed by atoms with Gasteiger partial charge in [0.25, 0.3) is 0 Å². The van der Waals surface area contributed by atoms with Gasteiger partial charge < -0.3 is 0 Å². The number of hydrogen-bond donors (Lipinski definition) is 0. The molecule has 0 aromatic carbocycles. The van der Waals surface area contributed by atoms with Gasteiger partial charge in [0, 0.05) is 4.75 Å². The summed E-state index contributed by atoms with van der Waals surface area (Å²) in [4.78, 5) is 0. The second kappa shape index (κ2) is 8.45. The van der Waals surface area contributed by atoms with E-state index in [4.69, 9.17) is 0 Å². The van der Waals surface area contributed by atoms with E-state index in [2.05, 4.69) is 40.9 Å². The summed E-state index contributed by atoms with van der Waals surface area (Å²) < 4.78 is 0.509. The Bertz CT molecular complexity index is 67.3. The van der Waals surface area contributed by atoms with Crippen molar-refractivity contribution in [1.82, 2.24) is 0 Å². The fourth-order valence-electron chi connectivity index (χ4n) is 0.704. The Morgan fingerprint density at radius 2 is 1.45 bits per heavy atom. The molecule has 0 aromatic heterocycles. The molecule has 0 aromatic rings. The highest BCUT2D eigenvalue weighted by molar-refractivity contribution is 7.99. The molecule has 0 fully saturated rings. The summed E-state index contributed by atoms with van der Waals surface area (Å²) in [6.07, 6.45) is 6.05. The second-order valence-corrected chi connectivity index (χ2v) is 4.93. The summed E-state index contributed by atoms with van der Waals surface area (Å²) in [5.41, 5.74) is 0. The molecule has 1 heteroatoms. The van der Waals surface area contributed by atoms with Crippen LogP contribution in [-0.4, -0.2) is 11.0 Å². The molecule has 0 bridgehead atoms. The standard InChI is InChI=1S/C7H16S.C3H8/c1-5-6-7(2,3)8-4;1-3-2/h5-6H2,1-4H3;3H2,1-2H3. The van der Waals surface area contributed by atoms with E-state index < -0.39 is 0 Å². The topological polar surface area (TPSA) is 0 Å². The summed E-state index contributed by atoms with van der Waals surface area (Å²) in [6, 6.07) is 0. The lowest BCUT2D eigenvalue weighted by Crippen LogP contribution is -2.12. The van der Waals surface area contributed by atoms with Gasteiger partial charge in [-0.25, -0.2) is 0 Å². The van der Waals surface area contributed by atoms with E-state index in [1.54, 1.807) is 0 Å². The molecule has 0 aliphatic carbocycles. The van der Waals surface area contributed by atoms with Crippen molar-refractivity contribution in [1.29, 1.82) is 0 Å². The molecule has 0 amide bonds. The first-order valence-corrected chi connectivity index (χ1v) is 5.81. The first-order valence-electron chi connectivity index (χ1n) is 4.59. The normalized spacial score (nSPS) is 10.4. The van der Waals surface area contributed by atoms with Gasteiger partial charge >= 0.3 is 0 Å². The molecule has 0 N–H and O–H groups in total. The lowest BCUT2D eigenvalue weighted by Gasteiger charge is -2.20. The Morgan fingerprint density at radius 3 is 1.55 bits per heavy atom. The van der Waals surface area contributed by atoms with E-state index in [-0.39, 0.29) is 0 Å². The van der Waals surface area contributed by atoms with E-state index in [1.165, 1.54) is 19.3 Å². The summed E-state index contributed by atoms with van der Waals surface area (Å²) in [7, 11) is 0. The lowest BCUT2D eigenvalue weighted by atomic mass is 10.1. The van der Waals surface area contributed by atoms with Crippen LogP contribution in [0.3, 0.4) is 0 Å². The molecule has 0 atom stereocenters. The largest absolute Gasteiger partial charge is 0.159 e. The van der Waals surface area contributed by atoms with Crippen LogP contribution < -0.4 is 0 Å². The molecule has 0 nitrogen and oxygen atoms in total. The maximum absolute atomic E-state index is 2.29. The Labute approximate surface area is 77.2 Å². The molecule has 0 spiro atoms. The third kappa shape index (κ3) is 13.4. The van der Waals surface area contributed by atoms with Gasteiger partial charge in [-0.05, 0) is 12.7 Å². The molecular weight excluding hydrogens is 152 g/mol. The van der Waals surface area contributed by atoms with Crippen molar-refractivity contribution in [2.75, 3.05) is 6.26 Å². The monoisotopic (exact) mass is 176 g/mol. The summed E-state index contributed by atoms with van der Waals surface area (Å²) in [6.45, 7) is 11.1. The van der Waals surface area contributed by atoms with Crippen LogP contribution in [0.2, 0.25) is 0 Å². The van der Waals surface area contributed by atoms with E-state index in [0.717, 1.165) is 0 Å². The van der Waals surface area contributed by atoms with Crippen LogP contribution in [0.5, 0.6) is 0 Å². The van der Waals surface area contributed by atoms with Crippen LogP contribution in [0.4, 0.5) is 0 Å². The van der Waals surface area contributed by atoms with Crippen LogP contribution >= 0.6 is 11.8 Å². The minimum absolute atomic E-state index is 0.509. The van der Waals surface area contributed by atoms with Crippen molar-refractivity contribution in [2.45, 2.75) is 58.6 Å². The minimum atomic E-state index is 0.509. The zero-order valence-corrected chi connectivity index (χ0v) is 9.85. The number of thioether (sulfide) groups is 1. The first kappa shape index (κ1) is 13.9. The second-order valence-electron chi connectivity index (χ2n) is 3.42. The Hall–Kier alpha value is 0.350. The first-order chi connectivity index (χ1) is 5.04. The van der Waals surface area contributed by atoms with Crippen LogP contribution in [0.15, 0.2) is 0 Å². The van der Waals surface area contributed by atoms with Gasteiger partial charge in [0.1, 0.15) is 0 Å². The third-order valence-electron chi connectivity index (χ3n) is 1.40. The lowest BCUT2D eigenvalue weighted by molar-refractivity contribution is 0.628. The molecule has 0 aliphatic heterocycles. The SMILES string of the molecule is CCC.CCCC(C)(C)SC. The van der Waals surface area contributed by atoms with Gasteiger partial charge in [0.2, 0.25) is 0 Å². The molecule has 0 heterocycles. The Balaban J connectivity index is 0. The minimum Gasteiger partial charge on any atom is -0.159 e. The summed E-state index contributed by atoms with van der Waals surface area (Å²) in [5, 5.41) is 0. The molecule has 0 saturated heterocycles. The van der Waals surface area contributed by atoms with Gasteiger partial charge in [-0.1, -0.05) is 47.5 Å². The summed E-state index contributed by atoms with van der Waals surface area (Å²) >= 11 is 1.95. The molecule has 0 radical (unpaired) electrons. The zero-order chi connectivity index (χ0) is 9.33. The average molecular weight is 176 g/mol. The highest BCUT2D eigenvalue weighted by atomic mass is 32.2. The average Bonchev–Trinajstić information content (AvgIpc) is 1.90. The van der Waals surface area contributed by atoms with Gasteiger partial charge in [-0.3, -0.25) is 0 Å². The van der Waals surface area contributed by atoms with Crippen LogP contribution in [-0.2, 0) is 0 Å². The van der Waals surface area contributed by atoms with Gasteiger partial charge in [0.15, 0.2) is 0 Å². The van der Waals surface area contributed by atoms with Crippen molar-refractivity contribution in [3.05, 3.63) is 0 Å².